The Labute approximate surface area is 81.4 Å². The number of methoxy groups -OCH3 is 1. The maximum absolute atomic E-state index is 11.1. The Bertz CT molecular complexity index is 318. The molecule has 1 rings (SSSR count). The number of carbonyl (C=O) groups is 2. The highest BCUT2D eigenvalue weighted by Crippen LogP contribution is 2.01. The molecule has 4 heteroatoms. The van der Waals surface area contributed by atoms with Crippen LogP contribution >= 0.6 is 0 Å². The zero-order valence-corrected chi connectivity index (χ0v) is 7.73. The average molecular weight is 194 g/mol. The molecule has 0 spiro atoms. The summed E-state index contributed by atoms with van der Waals surface area (Å²) < 4.78 is 8.48. The smallest absolute Gasteiger partial charge is 0.437 e. The van der Waals surface area contributed by atoms with Gasteiger partial charge < -0.3 is 9.47 Å². The van der Waals surface area contributed by atoms with Gasteiger partial charge in [0.1, 0.15) is 0 Å². The number of carbonyl (C=O) groups excluding carboxylic acids is 2. The summed E-state index contributed by atoms with van der Waals surface area (Å²) in [6.45, 7) is 0. The fourth-order valence-electron chi connectivity index (χ4n) is 0.933. The normalized spacial score (nSPS) is 9.21. The highest BCUT2D eigenvalue weighted by molar-refractivity contribution is 5.83. The Morgan fingerprint density at radius 1 is 1.21 bits per heavy atom. The van der Waals surface area contributed by atoms with Crippen molar-refractivity contribution >= 4 is 12.1 Å². The molecule has 0 radical (unpaired) electrons. The molecule has 14 heavy (non-hydrogen) atoms. The van der Waals surface area contributed by atoms with E-state index >= 15 is 0 Å². The molecule has 4 nitrogen and oxygen atoms in total. The number of esters is 1. The molecule has 0 aliphatic carbocycles. The summed E-state index contributed by atoms with van der Waals surface area (Å²) in [5, 5.41) is 0. The second kappa shape index (κ2) is 5.01. The molecule has 0 amide bonds. The Balaban J connectivity index is 2.46. The van der Waals surface area contributed by atoms with Gasteiger partial charge in [-0.15, -0.1) is 0 Å². The molecule has 0 bridgehead atoms. The second-order valence-corrected chi connectivity index (χ2v) is 2.59. The summed E-state index contributed by atoms with van der Waals surface area (Å²) in [5.74, 6) is -0.622. The molecule has 0 aliphatic heterocycles. The summed E-state index contributed by atoms with van der Waals surface area (Å²) in [5.41, 5.74) is 0.793. The van der Waals surface area contributed by atoms with E-state index in [0.29, 0.717) is 0 Å². The highest BCUT2D eigenvalue weighted by Gasteiger charge is 2.10. The van der Waals surface area contributed by atoms with Gasteiger partial charge in [0.05, 0.1) is 13.5 Å². The van der Waals surface area contributed by atoms with Crippen molar-refractivity contribution in [3.8, 4) is 0 Å². The third-order valence-corrected chi connectivity index (χ3v) is 1.56. The van der Waals surface area contributed by atoms with Gasteiger partial charge in [-0.2, -0.15) is 0 Å². The predicted molar refractivity (Wildman–Crippen MR) is 48.6 cm³/mol. The summed E-state index contributed by atoms with van der Waals surface area (Å²) >= 11 is 0. The van der Waals surface area contributed by atoms with E-state index in [2.05, 4.69) is 9.47 Å². The molecule has 0 unspecified atom stereocenters. The number of ether oxygens (including phenoxy) is 2. The lowest BCUT2D eigenvalue weighted by atomic mass is 10.2. The van der Waals surface area contributed by atoms with Crippen LogP contribution in [0, 0.1) is 0 Å². The van der Waals surface area contributed by atoms with E-state index < -0.39 is 12.1 Å². The lowest BCUT2D eigenvalue weighted by Gasteiger charge is -2.00. The summed E-state index contributed by atoms with van der Waals surface area (Å²) in [6, 6.07) is 9.01. The van der Waals surface area contributed by atoms with Crippen LogP contribution in [0.15, 0.2) is 30.3 Å². The minimum Gasteiger partial charge on any atom is -0.437 e. The maximum atomic E-state index is 11.1. The van der Waals surface area contributed by atoms with E-state index in [1.807, 2.05) is 6.07 Å². The molecule has 0 heterocycles. The minimum atomic E-state index is -0.981. The van der Waals surface area contributed by atoms with Crippen molar-refractivity contribution in [2.45, 2.75) is 6.42 Å². The van der Waals surface area contributed by atoms with Gasteiger partial charge in [0.2, 0.25) is 0 Å². The Kier molecular flexibility index (Phi) is 3.67. The standard InChI is InChI=1S/C10H10O4/c1-13-10(12)14-9(11)7-8-5-3-2-4-6-8/h2-6H,7H2,1H3. The van der Waals surface area contributed by atoms with Crippen LogP contribution in [0.25, 0.3) is 0 Å². The molecule has 1 aromatic rings. The first-order valence-electron chi connectivity index (χ1n) is 4.05. The third kappa shape index (κ3) is 3.26. The van der Waals surface area contributed by atoms with E-state index in [0.717, 1.165) is 12.7 Å². The zero-order valence-electron chi connectivity index (χ0n) is 7.73. The van der Waals surface area contributed by atoms with Gasteiger partial charge in [0, 0.05) is 0 Å². The largest absolute Gasteiger partial charge is 0.515 e. The molecular weight excluding hydrogens is 184 g/mol. The molecule has 0 saturated heterocycles. The molecule has 74 valence electrons. The second-order valence-electron chi connectivity index (χ2n) is 2.59. The quantitative estimate of drug-likeness (QED) is 0.529. The van der Waals surface area contributed by atoms with Crippen LogP contribution < -0.4 is 0 Å². The van der Waals surface area contributed by atoms with Gasteiger partial charge in [-0.3, -0.25) is 4.79 Å². The van der Waals surface area contributed by atoms with Crippen molar-refractivity contribution in [2.24, 2.45) is 0 Å². The molecule has 0 N–H and O–H groups in total. The van der Waals surface area contributed by atoms with E-state index in [1.54, 1.807) is 24.3 Å². The van der Waals surface area contributed by atoms with Gasteiger partial charge in [-0.05, 0) is 5.56 Å². The molecule has 0 aromatic heterocycles. The van der Waals surface area contributed by atoms with Crippen LogP contribution in [0.2, 0.25) is 0 Å². The van der Waals surface area contributed by atoms with Crippen molar-refractivity contribution in [3.05, 3.63) is 35.9 Å². The molecule has 0 aliphatic rings. The first-order valence-corrected chi connectivity index (χ1v) is 4.05. The van der Waals surface area contributed by atoms with Crippen LogP contribution in [-0.4, -0.2) is 19.2 Å². The monoisotopic (exact) mass is 194 g/mol. The lowest BCUT2D eigenvalue weighted by molar-refractivity contribution is -0.138. The van der Waals surface area contributed by atoms with Crippen LogP contribution in [0.1, 0.15) is 5.56 Å². The maximum Gasteiger partial charge on any atom is 0.515 e. The lowest BCUT2D eigenvalue weighted by Crippen LogP contribution is -2.14. The fraction of sp³-hybridized carbons (Fsp3) is 0.200. The van der Waals surface area contributed by atoms with Crippen LogP contribution in [0.4, 0.5) is 4.79 Å². The van der Waals surface area contributed by atoms with E-state index in [4.69, 9.17) is 0 Å². The molecule has 1 aromatic carbocycles. The van der Waals surface area contributed by atoms with Crippen LogP contribution in [0.3, 0.4) is 0 Å². The average Bonchev–Trinajstić information content (AvgIpc) is 2.19. The fourth-order valence-corrected chi connectivity index (χ4v) is 0.933. The summed E-state index contributed by atoms with van der Waals surface area (Å²) in [4.78, 5) is 21.6. The third-order valence-electron chi connectivity index (χ3n) is 1.56. The van der Waals surface area contributed by atoms with Crippen molar-refractivity contribution in [1.82, 2.24) is 0 Å². The topological polar surface area (TPSA) is 52.6 Å². The molecule has 0 fully saturated rings. The van der Waals surface area contributed by atoms with Crippen molar-refractivity contribution in [2.75, 3.05) is 7.11 Å². The number of benzene rings is 1. The SMILES string of the molecule is COC(=O)OC(=O)Cc1ccccc1. The van der Waals surface area contributed by atoms with Gasteiger partial charge in [-0.25, -0.2) is 4.79 Å². The Morgan fingerprint density at radius 2 is 1.86 bits per heavy atom. The van der Waals surface area contributed by atoms with E-state index in [1.165, 1.54) is 0 Å². The number of hydrogen-bond acceptors (Lipinski definition) is 4. The van der Waals surface area contributed by atoms with Gasteiger partial charge >= 0.3 is 12.1 Å². The van der Waals surface area contributed by atoms with Crippen molar-refractivity contribution < 1.29 is 19.1 Å². The van der Waals surface area contributed by atoms with Gasteiger partial charge in [0.15, 0.2) is 0 Å². The van der Waals surface area contributed by atoms with E-state index in [-0.39, 0.29) is 6.42 Å². The summed E-state index contributed by atoms with van der Waals surface area (Å²) in [7, 11) is 1.15. The minimum absolute atomic E-state index is 0.0654. The van der Waals surface area contributed by atoms with Gasteiger partial charge in [0.25, 0.3) is 0 Å². The summed E-state index contributed by atoms with van der Waals surface area (Å²) in [6.07, 6.45) is -0.915. The molecular formula is C10H10O4. The van der Waals surface area contributed by atoms with Gasteiger partial charge in [-0.1, -0.05) is 30.3 Å². The van der Waals surface area contributed by atoms with Crippen LogP contribution in [-0.2, 0) is 20.7 Å². The number of hydrogen-bond donors (Lipinski definition) is 0. The predicted octanol–water partition coefficient (Wildman–Crippen LogP) is 1.54. The van der Waals surface area contributed by atoms with Crippen molar-refractivity contribution in [3.63, 3.8) is 0 Å². The molecule has 0 atom stereocenters. The zero-order chi connectivity index (χ0) is 10.4. The first-order chi connectivity index (χ1) is 6.72. The van der Waals surface area contributed by atoms with E-state index in [9.17, 15) is 9.59 Å². The van der Waals surface area contributed by atoms with Crippen molar-refractivity contribution in [1.29, 1.82) is 0 Å². The number of rotatable bonds is 2. The highest BCUT2D eigenvalue weighted by atomic mass is 16.7. The Morgan fingerprint density at radius 3 is 2.43 bits per heavy atom. The first kappa shape index (κ1) is 10.2. The Hall–Kier alpha value is -1.84. The van der Waals surface area contributed by atoms with Crippen LogP contribution in [0.5, 0.6) is 0 Å². The molecule has 0 saturated carbocycles.